The lowest BCUT2D eigenvalue weighted by Gasteiger charge is -2.09. The summed E-state index contributed by atoms with van der Waals surface area (Å²) in [6.45, 7) is 1.64. The number of furan rings is 1. The highest BCUT2D eigenvalue weighted by Crippen LogP contribution is 2.27. The van der Waals surface area contributed by atoms with E-state index in [9.17, 15) is 18.4 Å². The molecule has 0 aliphatic carbocycles. The molecule has 4 aromatic rings. The maximum absolute atomic E-state index is 13.7. The van der Waals surface area contributed by atoms with Crippen LogP contribution in [0.15, 0.2) is 65.2 Å². The Morgan fingerprint density at radius 1 is 1.12 bits per heavy atom. The Morgan fingerprint density at radius 3 is 2.67 bits per heavy atom. The van der Waals surface area contributed by atoms with Crippen molar-refractivity contribution in [2.24, 2.45) is 5.73 Å². The van der Waals surface area contributed by atoms with Crippen LogP contribution < -0.4 is 15.8 Å². The molecule has 0 radical (unpaired) electrons. The Morgan fingerprint density at radius 2 is 1.94 bits per heavy atom. The van der Waals surface area contributed by atoms with Gasteiger partial charge in [-0.2, -0.15) is 5.10 Å². The highest BCUT2D eigenvalue weighted by molar-refractivity contribution is 6.03. The number of carbonyl (C=O) groups excluding carboxylic acids is 2. The summed E-state index contributed by atoms with van der Waals surface area (Å²) in [6, 6.07) is 12.8. The number of primary amides is 1. The SMILES string of the molecule is Cc1ccc(-c2ccc(C(N)=O)o2)cc1NC(=O)c1ccn(COc2ccc(F)cc2F)n1. The molecule has 0 unspecified atom stereocenters. The van der Waals surface area contributed by atoms with Gasteiger partial charge in [-0.15, -0.1) is 0 Å². The van der Waals surface area contributed by atoms with Crippen LogP contribution in [0.25, 0.3) is 11.3 Å². The molecule has 2 heterocycles. The average Bonchev–Trinajstić information content (AvgIpc) is 3.45. The fraction of sp³-hybridized carbons (Fsp3) is 0.0870. The number of nitrogens with zero attached hydrogens (tertiary/aromatic N) is 2. The molecule has 168 valence electrons. The second kappa shape index (κ2) is 8.95. The van der Waals surface area contributed by atoms with Crippen LogP contribution in [0, 0.1) is 18.6 Å². The lowest BCUT2D eigenvalue weighted by molar-refractivity contribution is 0.0973. The first-order valence-electron chi connectivity index (χ1n) is 9.73. The third kappa shape index (κ3) is 4.90. The number of ether oxygens (including phenoxy) is 1. The van der Waals surface area contributed by atoms with Gasteiger partial charge in [0.1, 0.15) is 11.6 Å². The van der Waals surface area contributed by atoms with Crippen LogP contribution >= 0.6 is 0 Å². The van der Waals surface area contributed by atoms with Crippen LogP contribution in [0.3, 0.4) is 0 Å². The van der Waals surface area contributed by atoms with Crippen LogP contribution in [0.1, 0.15) is 26.6 Å². The molecule has 0 spiro atoms. The molecular formula is C23H18F2N4O4. The molecule has 10 heteroatoms. The van der Waals surface area contributed by atoms with Gasteiger partial charge in [0.25, 0.3) is 11.8 Å². The summed E-state index contributed by atoms with van der Waals surface area (Å²) < 4.78 is 38.7. The number of hydrogen-bond acceptors (Lipinski definition) is 5. The Kier molecular flexibility index (Phi) is 5.90. The van der Waals surface area contributed by atoms with Gasteiger partial charge in [-0.25, -0.2) is 13.5 Å². The van der Waals surface area contributed by atoms with Crippen molar-refractivity contribution in [3.05, 3.63) is 89.4 Å². The van der Waals surface area contributed by atoms with Gasteiger partial charge in [0.15, 0.2) is 29.8 Å². The number of anilines is 1. The summed E-state index contributed by atoms with van der Waals surface area (Å²) in [6.07, 6.45) is 1.49. The van der Waals surface area contributed by atoms with Crippen molar-refractivity contribution in [1.82, 2.24) is 9.78 Å². The van der Waals surface area contributed by atoms with E-state index < -0.39 is 23.4 Å². The van der Waals surface area contributed by atoms with Gasteiger partial charge in [0, 0.05) is 23.5 Å². The van der Waals surface area contributed by atoms with Gasteiger partial charge in [-0.3, -0.25) is 9.59 Å². The van der Waals surface area contributed by atoms with E-state index in [-0.39, 0.29) is 23.9 Å². The van der Waals surface area contributed by atoms with Crippen LogP contribution in [-0.4, -0.2) is 21.6 Å². The van der Waals surface area contributed by atoms with E-state index >= 15 is 0 Å². The van der Waals surface area contributed by atoms with Crippen molar-refractivity contribution in [3.8, 4) is 17.1 Å². The fourth-order valence-electron chi connectivity index (χ4n) is 3.00. The third-order valence-electron chi connectivity index (χ3n) is 4.74. The first kappa shape index (κ1) is 21.8. The monoisotopic (exact) mass is 452 g/mol. The van der Waals surface area contributed by atoms with E-state index in [0.29, 0.717) is 23.1 Å². The molecule has 4 rings (SSSR count). The van der Waals surface area contributed by atoms with E-state index in [2.05, 4.69) is 10.4 Å². The predicted molar refractivity (Wildman–Crippen MR) is 115 cm³/mol. The molecule has 2 aromatic carbocycles. The van der Waals surface area contributed by atoms with E-state index in [1.807, 2.05) is 6.92 Å². The van der Waals surface area contributed by atoms with Crippen molar-refractivity contribution < 1.29 is 27.5 Å². The molecule has 8 nitrogen and oxygen atoms in total. The highest BCUT2D eigenvalue weighted by atomic mass is 19.1. The van der Waals surface area contributed by atoms with Crippen molar-refractivity contribution in [2.75, 3.05) is 5.32 Å². The lowest BCUT2D eigenvalue weighted by Crippen LogP contribution is -2.15. The summed E-state index contributed by atoms with van der Waals surface area (Å²) in [7, 11) is 0. The molecule has 3 N–H and O–H groups in total. The standard InChI is InChI=1S/C23H18F2N4O4/c1-13-2-3-14(19-6-7-21(33-19)22(26)30)10-18(13)27-23(31)17-8-9-29(28-17)12-32-20-5-4-15(24)11-16(20)25/h2-11H,12H2,1H3,(H2,26,30)(H,27,31). The summed E-state index contributed by atoms with van der Waals surface area (Å²) in [5, 5.41) is 6.89. The molecule has 0 saturated heterocycles. The largest absolute Gasteiger partial charge is 0.468 e. The molecule has 2 amide bonds. The zero-order valence-corrected chi connectivity index (χ0v) is 17.3. The number of carbonyl (C=O) groups is 2. The predicted octanol–water partition coefficient (Wildman–Crippen LogP) is 4.12. The molecule has 0 saturated carbocycles. The molecule has 0 bridgehead atoms. The minimum absolute atomic E-state index is 0.0319. The molecular weight excluding hydrogens is 434 g/mol. The molecule has 0 atom stereocenters. The number of aromatic nitrogens is 2. The van der Waals surface area contributed by atoms with Crippen LogP contribution in [0.5, 0.6) is 5.75 Å². The second-order valence-electron chi connectivity index (χ2n) is 7.10. The van der Waals surface area contributed by atoms with Gasteiger partial charge in [0.2, 0.25) is 0 Å². The highest BCUT2D eigenvalue weighted by Gasteiger charge is 2.14. The smallest absolute Gasteiger partial charge is 0.284 e. The van der Waals surface area contributed by atoms with Gasteiger partial charge in [-0.1, -0.05) is 12.1 Å². The van der Waals surface area contributed by atoms with Crippen molar-refractivity contribution in [3.63, 3.8) is 0 Å². The Labute approximate surface area is 186 Å². The maximum atomic E-state index is 13.7. The maximum Gasteiger partial charge on any atom is 0.284 e. The van der Waals surface area contributed by atoms with Crippen LogP contribution in [-0.2, 0) is 6.73 Å². The topological polar surface area (TPSA) is 112 Å². The number of aryl methyl sites for hydroxylation is 1. The van der Waals surface area contributed by atoms with E-state index in [0.717, 1.165) is 11.6 Å². The van der Waals surface area contributed by atoms with Crippen LogP contribution in [0.2, 0.25) is 0 Å². The van der Waals surface area contributed by atoms with Gasteiger partial charge in [0.05, 0.1) is 0 Å². The minimum atomic E-state index is -0.838. The summed E-state index contributed by atoms with van der Waals surface area (Å²) in [5.74, 6) is -2.38. The fourth-order valence-corrected chi connectivity index (χ4v) is 3.00. The Balaban J connectivity index is 1.45. The average molecular weight is 452 g/mol. The number of nitrogens with two attached hydrogens (primary N) is 1. The minimum Gasteiger partial charge on any atom is -0.468 e. The molecule has 2 aromatic heterocycles. The Hall–Kier alpha value is -4.47. The van der Waals surface area contributed by atoms with E-state index in [4.69, 9.17) is 14.9 Å². The van der Waals surface area contributed by atoms with Crippen molar-refractivity contribution in [1.29, 1.82) is 0 Å². The van der Waals surface area contributed by atoms with Crippen molar-refractivity contribution in [2.45, 2.75) is 13.7 Å². The third-order valence-corrected chi connectivity index (χ3v) is 4.74. The zero-order valence-electron chi connectivity index (χ0n) is 17.3. The number of halogens is 2. The number of hydrogen-bond donors (Lipinski definition) is 2. The quantitative estimate of drug-likeness (QED) is 0.438. The zero-order chi connectivity index (χ0) is 23.5. The summed E-state index contributed by atoms with van der Waals surface area (Å²) >= 11 is 0. The number of amides is 2. The Bertz CT molecular complexity index is 1350. The molecule has 33 heavy (non-hydrogen) atoms. The van der Waals surface area contributed by atoms with Gasteiger partial charge >= 0.3 is 0 Å². The van der Waals surface area contributed by atoms with Crippen molar-refractivity contribution >= 4 is 17.5 Å². The number of benzene rings is 2. The first-order valence-corrected chi connectivity index (χ1v) is 9.73. The molecule has 0 aliphatic heterocycles. The number of nitrogens with one attached hydrogen (secondary N) is 1. The summed E-state index contributed by atoms with van der Waals surface area (Å²) in [4.78, 5) is 23.9. The molecule has 0 fully saturated rings. The van der Waals surface area contributed by atoms with Gasteiger partial charge < -0.3 is 20.2 Å². The second-order valence-corrected chi connectivity index (χ2v) is 7.10. The van der Waals surface area contributed by atoms with Crippen LogP contribution in [0.4, 0.5) is 14.5 Å². The first-order chi connectivity index (χ1) is 15.8. The van der Waals surface area contributed by atoms with E-state index in [1.165, 1.54) is 29.1 Å². The molecule has 0 aliphatic rings. The summed E-state index contributed by atoms with van der Waals surface area (Å²) in [5.41, 5.74) is 7.29. The number of rotatable bonds is 7. The normalized spacial score (nSPS) is 10.8. The lowest BCUT2D eigenvalue weighted by atomic mass is 10.1. The van der Waals surface area contributed by atoms with Gasteiger partial charge in [-0.05, 0) is 48.9 Å². The van der Waals surface area contributed by atoms with E-state index in [1.54, 1.807) is 24.3 Å².